The molecule has 0 aromatic heterocycles. The zero-order valence-electron chi connectivity index (χ0n) is 12.0. The van der Waals surface area contributed by atoms with Crippen LogP contribution < -0.4 is 5.32 Å². The summed E-state index contributed by atoms with van der Waals surface area (Å²) in [6.07, 6.45) is 0.986. The van der Waals surface area contributed by atoms with Crippen molar-refractivity contribution in [3.05, 3.63) is 82.3 Å². The quantitative estimate of drug-likeness (QED) is 0.696. The number of rotatable bonds is 4. The van der Waals surface area contributed by atoms with E-state index in [1.54, 1.807) is 0 Å². The summed E-state index contributed by atoms with van der Waals surface area (Å²) >= 11 is 3.50. The van der Waals surface area contributed by atoms with Gasteiger partial charge in [0.2, 0.25) is 0 Å². The van der Waals surface area contributed by atoms with Crippen molar-refractivity contribution in [1.29, 1.82) is 0 Å². The smallest absolute Gasteiger partial charge is 0.0358 e. The van der Waals surface area contributed by atoms with Gasteiger partial charge in [0, 0.05) is 10.5 Å². The minimum Gasteiger partial charge on any atom is -0.313 e. The Kier molecular flexibility index (Phi) is 4.37. The molecule has 0 saturated carbocycles. The van der Waals surface area contributed by atoms with Crippen LogP contribution in [-0.4, -0.2) is 7.05 Å². The van der Waals surface area contributed by atoms with Crippen molar-refractivity contribution in [3.8, 4) is 0 Å². The maximum atomic E-state index is 3.50. The van der Waals surface area contributed by atoms with Crippen molar-refractivity contribution < 1.29 is 0 Å². The van der Waals surface area contributed by atoms with Gasteiger partial charge >= 0.3 is 0 Å². The maximum absolute atomic E-state index is 3.50. The second kappa shape index (κ2) is 6.42. The second-order valence-corrected chi connectivity index (χ2v) is 6.15. The summed E-state index contributed by atoms with van der Waals surface area (Å²) in [6, 6.07) is 24.0. The van der Waals surface area contributed by atoms with Crippen LogP contribution in [0.2, 0.25) is 0 Å². The molecule has 3 aromatic carbocycles. The lowest BCUT2D eigenvalue weighted by atomic mass is 9.95. The molecule has 0 saturated heterocycles. The van der Waals surface area contributed by atoms with E-state index < -0.39 is 0 Å². The van der Waals surface area contributed by atoms with Crippen LogP contribution in [0.5, 0.6) is 0 Å². The predicted octanol–water partition coefficient (Wildman–Crippen LogP) is 5.11. The first-order valence-electron chi connectivity index (χ1n) is 7.17. The first-order chi connectivity index (χ1) is 10.3. The predicted molar refractivity (Wildman–Crippen MR) is 93.6 cm³/mol. The molecular weight excluding hydrogens is 322 g/mol. The third-order valence-corrected chi connectivity index (χ3v) is 4.45. The van der Waals surface area contributed by atoms with Gasteiger partial charge in [-0.25, -0.2) is 0 Å². The summed E-state index contributed by atoms with van der Waals surface area (Å²) < 4.78 is 1.12. The van der Waals surface area contributed by atoms with Crippen LogP contribution in [0.4, 0.5) is 0 Å². The number of halogens is 1. The molecule has 106 valence electrons. The second-order valence-electron chi connectivity index (χ2n) is 5.24. The third-order valence-electron chi connectivity index (χ3n) is 3.92. The molecule has 0 spiro atoms. The van der Waals surface area contributed by atoms with Crippen molar-refractivity contribution in [2.75, 3.05) is 7.05 Å². The van der Waals surface area contributed by atoms with Crippen molar-refractivity contribution in [3.63, 3.8) is 0 Å². The van der Waals surface area contributed by atoms with E-state index in [-0.39, 0.29) is 0 Å². The van der Waals surface area contributed by atoms with Crippen LogP contribution >= 0.6 is 15.9 Å². The minimum absolute atomic E-state index is 0.323. The van der Waals surface area contributed by atoms with E-state index in [4.69, 9.17) is 0 Å². The number of hydrogen-bond acceptors (Lipinski definition) is 1. The molecule has 0 amide bonds. The highest BCUT2D eigenvalue weighted by Gasteiger charge is 2.11. The summed E-state index contributed by atoms with van der Waals surface area (Å²) in [5, 5.41) is 6.09. The van der Waals surface area contributed by atoms with Crippen LogP contribution in [0.25, 0.3) is 10.8 Å². The van der Waals surface area contributed by atoms with E-state index in [1.165, 1.54) is 21.9 Å². The average molecular weight is 340 g/mol. The van der Waals surface area contributed by atoms with E-state index in [0.717, 1.165) is 10.9 Å². The van der Waals surface area contributed by atoms with Gasteiger partial charge in [-0.15, -0.1) is 0 Å². The Balaban J connectivity index is 1.94. The topological polar surface area (TPSA) is 12.0 Å². The maximum Gasteiger partial charge on any atom is 0.0358 e. The van der Waals surface area contributed by atoms with Gasteiger partial charge < -0.3 is 5.32 Å². The lowest BCUT2D eigenvalue weighted by molar-refractivity contribution is 0.594. The standard InChI is InChI=1S/C19H18BrN/c1-21-19(15-9-11-17(20)12-10-15)13-16-7-4-6-14-5-2-3-8-18(14)16/h2-12,19,21H,13H2,1H3. The lowest BCUT2D eigenvalue weighted by Gasteiger charge is -2.18. The largest absolute Gasteiger partial charge is 0.313 e. The van der Waals surface area contributed by atoms with E-state index in [9.17, 15) is 0 Å². The first-order valence-corrected chi connectivity index (χ1v) is 7.96. The summed E-state index contributed by atoms with van der Waals surface area (Å²) in [4.78, 5) is 0. The molecule has 0 bridgehead atoms. The molecule has 1 unspecified atom stereocenters. The Morgan fingerprint density at radius 1 is 0.905 bits per heavy atom. The summed E-state index contributed by atoms with van der Waals surface area (Å²) in [6.45, 7) is 0. The summed E-state index contributed by atoms with van der Waals surface area (Å²) in [7, 11) is 2.03. The third kappa shape index (κ3) is 3.17. The molecule has 21 heavy (non-hydrogen) atoms. The van der Waals surface area contributed by atoms with Crippen molar-refractivity contribution in [2.45, 2.75) is 12.5 Å². The molecule has 3 rings (SSSR count). The molecular formula is C19H18BrN. The molecule has 0 aliphatic heterocycles. The SMILES string of the molecule is CNC(Cc1cccc2ccccc12)c1ccc(Br)cc1. The van der Waals surface area contributed by atoms with Crippen LogP contribution in [-0.2, 0) is 6.42 Å². The number of hydrogen-bond donors (Lipinski definition) is 1. The zero-order valence-corrected chi connectivity index (χ0v) is 13.6. The molecule has 0 radical (unpaired) electrons. The lowest BCUT2D eigenvalue weighted by Crippen LogP contribution is -2.18. The van der Waals surface area contributed by atoms with E-state index >= 15 is 0 Å². The molecule has 2 heteroatoms. The summed E-state index contributed by atoms with van der Waals surface area (Å²) in [5.74, 6) is 0. The minimum atomic E-state index is 0.323. The zero-order chi connectivity index (χ0) is 14.7. The van der Waals surface area contributed by atoms with Gasteiger partial charge in [0.15, 0.2) is 0 Å². The van der Waals surface area contributed by atoms with Gasteiger partial charge in [-0.1, -0.05) is 70.5 Å². The van der Waals surface area contributed by atoms with E-state index in [2.05, 4.69) is 88.0 Å². The number of likely N-dealkylation sites (N-methyl/N-ethyl adjacent to an activating group) is 1. The van der Waals surface area contributed by atoms with Crippen LogP contribution in [0.3, 0.4) is 0 Å². The molecule has 1 atom stereocenters. The fourth-order valence-corrected chi connectivity index (χ4v) is 3.04. The highest BCUT2D eigenvalue weighted by molar-refractivity contribution is 9.10. The number of fused-ring (bicyclic) bond motifs is 1. The van der Waals surface area contributed by atoms with Crippen molar-refractivity contribution >= 4 is 26.7 Å². The monoisotopic (exact) mass is 339 g/mol. The molecule has 0 fully saturated rings. The molecule has 3 aromatic rings. The number of benzene rings is 3. The molecule has 1 N–H and O–H groups in total. The van der Waals surface area contributed by atoms with Crippen LogP contribution in [0.1, 0.15) is 17.2 Å². The van der Waals surface area contributed by atoms with Gasteiger partial charge in [-0.05, 0) is 47.5 Å². The van der Waals surface area contributed by atoms with Crippen molar-refractivity contribution in [2.24, 2.45) is 0 Å². The van der Waals surface area contributed by atoms with E-state index in [0.29, 0.717) is 6.04 Å². The van der Waals surface area contributed by atoms with Gasteiger partial charge in [0.25, 0.3) is 0 Å². The van der Waals surface area contributed by atoms with Gasteiger partial charge in [0.05, 0.1) is 0 Å². The molecule has 0 heterocycles. The molecule has 0 aliphatic carbocycles. The molecule has 0 aliphatic rings. The Bertz CT molecular complexity index is 729. The Morgan fingerprint density at radius 3 is 2.38 bits per heavy atom. The highest BCUT2D eigenvalue weighted by Crippen LogP contribution is 2.25. The molecule has 1 nitrogen and oxygen atoms in total. The average Bonchev–Trinajstić information content (AvgIpc) is 2.54. The fourth-order valence-electron chi connectivity index (χ4n) is 2.77. The van der Waals surface area contributed by atoms with Gasteiger partial charge in [-0.3, -0.25) is 0 Å². The fraction of sp³-hybridized carbons (Fsp3) is 0.158. The van der Waals surface area contributed by atoms with E-state index in [1.807, 2.05) is 7.05 Å². The van der Waals surface area contributed by atoms with Crippen LogP contribution in [0, 0.1) is 0 Å². The Labute approximate surface area is 134 Å². The number of nitrogens with one attached hydrogen (secondary N) is 1. The highest BCUT2D eigenvalue weighted by atomic mass is 79.9. The van der Waals surface area contributed by atoms with Crippen LogP contribution in [0.15, 0.2) is 71.2 Å². The van der Waals surface area contributed by atoms with Gasteiger partial charge in [-0.2, -0.15) is 0 Å². The Hall–Kier alpha value is -1.64. The normalized spacial score (nSPS) is 12.5. The summed E-state index contributed by atoms with van der Waals surface area (Å²) in [5.41, 5.74) is 2.70. The Morgan fingerprint density at radius 2 is 1.62 bits per heavy atom. The van der Waals surface area contributed by atoms with Gasteiger partial charge in [0.1, 0.15) is 0 Å². The van der Waals surface area contributed by atoms with Crippen molar-refractivity contribution in [1.82, 2.24) is 5.32 Å². The first kappa shape index (κ1) is 14.3.